The van der Waals surface area contributed by atoms with Crippen molar-refractivity contribution in [2.45, 2.75) is 10.2 Å². The van der Waals surface area contributed by atoms with Crippen molar-refractivity contribution in [1.29, 1.82) is 0 Å². The average molecular weight is 289 g/mol. The molecule has 2 aromatic rings. The molecule has 1 heterocycles. The van der Waals surface area contributed by atoms with Gasteiger partial charge in [-0.15, -0.1) is 12.6 Å². The van der Waals surface area contributed by atoms with Gasteiger partial charge in [0.2, 0.25) is 0 Å². The van der Waals surface area contributed by atoms with Crippen molar-refractivity contribution in [2.75, 3.05) is 7.11 Å². The normalized spacial score (nSPS) is 10.8. The van der Waals surface area contributed by atoms with E-state index >= 15 is 0 Å². The summed E-state index contributed by atoms with van der Waals surface area (Å²) in [7, 11) is 1.69. The van der Waals surface area contributed by atoms with Gasteiger partial charge in [-0.05, 0) is 29.1 Å². The third-order valence-electron chi connectivity index (χ3n) is 2.04. The quantitative estimate of drug-likeness (QED) is 0.647. The SMILES string of the molecule is COc1cc2cc(CBr)c(S)cc2s1. The van der Waals surface area contributed by atoms with E-state index in [0.29, 0.717) is 0 Å². The van der Waals surface area contributed by atoms with Crippen molar-refractivity contribution in [2.24, 2.45) is 0 Å². The number of benzene rings is 1. The van der Waals surface area contributed by atoms with Gasteiger partial charge >= 0.3 is 0 Å². The molecule has 1 nitrogen and oxygen atoms in total. The number of thiol groups is 1. The van der Waals surface area contributed by atoms with E-state index in [0.717, 1.165) is 15.3 Å². The lowest BCUT2D eigenvalue weighted by atomic mass is 10.2. The molecular formula is C10H9BrOS2. The van der Waals surface area contributed by atoms with E-state index < -0.39 is 0 Å². The van der Waals surface area contributed by atoms with Gasteiger partial charge in [-0.2, -0.15) is 0 Å². The average Bonchev–Trinajstić information content (AvgIpc) is 2.58. The molecule has 0 saturated heterocycles. The Morgan fingerprint density at radius 2 is 2.21 bits per heavy atom. The Bertz CT molecular complexity index is 464. The highest BCUT2D eigenvalue weighted by atomic mass is 79.9. The van der Waals surface area contributed by atoms with Crippen LogP contribution in [-0.2, 0) is 5.33 Å². The van der Waals surface area contributed by atoms with Crippen LogP contribution in [0.3, 0.4) is 0 Å². The second kappa shape index (κ2) is 4.13. The van der Waals surface area contributed by atoms with Crippen LogP contribution in [0.5, 0.6) is 5.06 Å². The molecule has 0 N–H and O–H groups in total. The summed E-state index contributed by atoms with van der Waals surface area (Å²) in [6.45, 7) is 0. The maximum atomic E-state index is 5.19. The maximum Gasteiger partial charge on any atom is 0.174 e. The fourth-order valence-electron chi connectivity index (χ4n) is 1.31. The molecule has 0 bridgehead atoms. The van der Waals surface area contributed by atoms with Gasteiger partial charge in [0.1, 0.15) is 0 Å². The number of hydrogen-bond donors (Lipinski definition) is 1. The Hall–Kier alpha value is -0.190. The van der Waals surface area contributed by atoms with Crippen LogP contribution in [0.25, 0.3) is 10.1 Å². The maximum absolute atomic E-state index is 5.19. The van der Waals surface area contributed by atoms with Crippen LogP contribution in [0.1, 0.15) is 5.56 Å². The molecule has 1 aromatic carbocycles. The van der Waals surface area contributed by atoms with Gasteiger partial charge in [0.05, 0.1) is 7.11 Å². The fourth-order valence-corrected chi connectivity index (χ4v) is 3.25. The minimum Gasteiger partial charge on any atom is -0.487 e. The van der Waals surface area contributed by atoms with Crippen molar-refractivity contribution in [3.05, 3.63) is 23.8 Å². The third-order valence-corrected chi connectivity index (χ3v) is 4.12. The Morgan fingerprint density at radius 1 is 1.43 bits per heavy atom. The smallest absolute Gasteiger partial charge is 0.174 e. The molecule has 0 aliphatic carbocycles. The number of halogens is 1. The van der Waals surface area contributed by atoms with Gasteiger partial charge in [-0.1, -0.05) is 27.3 Å². The summed E-state index contributed by atoms with van der Waals surface area (Å²) >= 11 is 9.51. The van der Waals surface area contributed by atoms with Crippen LogP contribution >= 0.6 is 39.9 Å². The van der Waals surface area contributed by atoms with Gasteiger partial charge in [-0.3, -0.25) is 0 Å². The topological polar surface area (TPSA) is 9.23 Å². The van der Waals surface area contributed by atoms with E-state index in [1.165, 1.54) is 15.6 Å². The van der Waals surface area contributed by atoms with Crippen molar-refractivity contribution in [1.82, 2.24) is 0 Å². The number of methoxy groups -OCH3 is 1. The third kappa shape index (κ3) is 1.78. The Balaban J connectivity index is 2.64. The molecule has 2 rings (SSSR count). The number of rotatable bonds is 2. The number of fused-ring (bicyclic) bond motifs is 1. The molecule has 74 valence electrons. The van der Waals surface area contributed by atoms with Crippen LogP contribution in [0.4, 0.5) is 0 Å². The van der Waals surface area contributed by atoms with Gasteiger partial charge < -0.3 is 4.74 Å². The summed E-state index contributed by atoms with van der Waals surface area (Å²) < 4.78 is 6.41. The van der Waals surface area contributed by atoms with E-state index in [2.05, 4.69) is 46.8 Å². The predicted octanol–water partition coefficient (Wildman–Crippen LogP) is 4.09. The molecule has 0 unspecified atom stereocenters. The fraction of sp³-hybridized carbons (Fsp3) is 0.200. The summed E-state index contributed by atoms with van der Waals surface area (Å²) in [6, 6.07) is 6.28. The zero-order valence-corrected chi connectivity index (χ0v) is 10.9. The first-order valence-corrected chi connectivity index (χ1v) is 6.48. The van der Waals surface area contributed by atoms with Crippen molar-refractivity contribution < 1.29 is 4.74 Å². The van der Waals surface area contributed by atoms with Gasteiger partial charge in [0, 0.05) is 14.9 Å². The molecule has 0 spiro atoms. The van der Waals surface area contributed by atoms with Gasteiger partial charge in [-0.25, -0.2) is 0 Å². The van der Waals surface area contributed by atoms with Crippen molar-refractivity contribution >= 4 is 50.0 Å². The molecule has 0 aliphatic heterocycles. The van der Waals surface area contributed by atoms with Crippen LogP contribution in [0, 0.1) is 0 Å². The van der Waals surface area contributed by atoms with Gasteiger partial charge in [0.25, 0.3) is 0 Å². The lowest BCUT2D eigenvalue weighted by Gasteiger charge is -2.00. The zero-order valence-electron chi connectivity index (χ0n) is 7.58. The Kier molecular flexibility index (Phi) is 3.04. The first-order chi connectivity index (χ1) is 6.74. The summed E-state index contributed by atoms with van der Waals surface area (Å²) in [5.74, 6) is 0. The minimum absolute atomic E-state index is 0.833. The highest BCUT2D eigenvalue weighted by Crippen LogP contribution is 2.34. The molecule has 1 aromatic heterocycles. The Labute approximate surface area is 101 Å². The minimum atomic E-state index is 0.833. The van der Waals surface area contributed by atoms with Crippen molar-refractivity contribution in [3.8, 4) is 5.06 Å². The molecule has 4 heteroatoms. The Morgan fingerprint density at radius 3 is 2.86 bits per heavy atom. The summed E-state index contributed by atoms with van der Waals surface area (Å²) in [4.78, 5) is 1.03. The second-order valence-corrected chi connectivity index (χ2v) is 5.01. The molecule has 0 fully saturated rings. The lowest BCUT2D eigenvalue weighted by molar-refractivity contribution is 0.427. The predicted molar refractivity (Wildman–Crippen MR) is 68.3 cm³/mol. The number of ether oxygens (including phenoxy) is 1. The van der Waals surface area contributed by atoms with Crippen molar-refractivity contribution in [3.63, 3.8) is 0 Å². The molecule has 0 amide bonds. The van der Waals surface area contributed by atoms with Crippen LogP contribution in [0.2, 0.25) is 0 Å². The second-order valence-electron chi connectivity index (χ2n) is 2.92. The lowest BCUT2D eigenvalue weighted by Crippen LogP contribution is -1.79. The highest BCUT2D eigenvalue weighted by molar-refractivity contribution is 9.08. The molecule has 0 atom stereocenters. The van der Waals surface area contributed by atoms with E-state index in [1.54, 1.807) is 18.4 Å². The summed E-state index contributed by atoms with van der Waals surface area (Å²) in [6.07, 6.45) is 0. The first kappa shape index (κ1) is 10.3. The number of alkyl halides is 1. The van der Waals surface area contributed by atoms with Crippen LogP contribution in [-0.4, -0.2) is 7.11 Å². The van der Waals surface area contributed by atoms with E-state index in [4.69, 9.17) is 4.74 Å². The molecular weight excluding hydrogens is 280 g/mol. The number of hydrogen-bond acceptors (Lipinski definition) is 3. The van der Waals surface area contributed by atoms with Gasteiger partial charge in [0.15, 0.2) is 5.06 Å². The van der Waals surface area contributed by atoms with Crippen LogP contribution in [0.15, 0.2) is 23.1 Å². The molecule has 0 aliphatic rings. The van der Waals surface area contributed by atoms with E-state index in [1.807, 2.05) is 0 Å². The standard InChI is InChI=1S/C10H9BrOS2/c1-12-10-3-6-2-7(5-11)8(13)4-9(6)14-10/h2-4,13H,5H2,1H3. The molecule has 0 saturated carbocycles. The first-order valence-electron chi connectivity index (χ1n) is 4.10. The summed E-state index contributed by atoms with van der Waals surface area (Å²) in [5, 5.41) is 3.00. The zero-order chi connectivity index (χ0) is 10.1. The summed E-state index contributed by atoms with van der Waals surface area (Å²) in [5.41, 5.74) is 1.21. The van der Waals surface area contributed by atoms with E-state index in [9.17, 15) is 0 Å². The monoisotopic (exact) mass is 288 g/mol. The molecule has 0 radical (unpaired) electrons. The number of thiophene rings is 1. The van der Waals surface area contributed by atoms with E-state index in [-0.39, 0.29) is 0 Å². The largest absolute Gasteiger partial charge is 0.487 e. The van der Waals surface area contributed by atoms with Crippen LogP contribution < -0.4 is 4.74 Å². The highest BCUT2D eigenvalue weighted by Gasteiger charge is 2.05. The molecule has 14 heavy (non-hydrogen) atoms.